The second-order valence-electron chi connectivity index (χ2n) is 4.84. The summed E-state index contributed by atoms with van der Waals surface area (Å²) >= 11 is 0. The van der Waals surface area contributed by atoms with Crippen LogP contribution < -0.4 is 14.2 Å². The van der Waals surface area contributed by atoms with Gasteiger partial charge in [-0.1, -0.05) is 18.2 Å². The van der Waals surface area contributed by atoms with Crippen LogP contribution in [-0.2, 0) is 0 Å². The van der Waals surface area contributed by atoms with Crippen molar-refractivity contribution < 1.29 is 19.0 Å². The molecule has 0 aliphatic carbocycles. The van der Waals surface area contributed by atoms with Crippen LogP contribution in [0.25, 0.3) is 0 Å². The summed E-state index contributed by atoms with van der Waals surface area (Å²) in [5.74, 6) is 2.02. The van der Waals surface area contributed by atoms with E-state index in [0.717, 1.165) is 11.3 Å². The lowest BCUT2D eigenvalue weighted by atomic mass is 9.95. The fourth-order valence-electron chi connectivity index (χ4n) is 2.54. The van der Waals surface area contributed by atoms with Crippen LogP contribution in [0, 0.1) is 0 Å². The molecule has 1 aliphatic heterocycles. The Labute approximate surface area is 123 Å². The molecule has 3 rings (SSSR count). The molecule has 0 spiro atoms. The van der Waals surface area contributed by atoms with Gasteiger partial charge in [0.05, 0.1) is 26.2 Å². The Morgan fingerprint density at radius 2 is 1.90 bits per heavy atom. The monoisotopic (exact) mass is 284 g/mol. The van der Waals surface area contributed by atoms with E-state index in [9.17, 15) is 4.79 Å². The van der Waals surface area contributed by atoms with Crippen molar-refractivity contribution in [2.24, 2.45) is 0 Å². The van der Waals surface area contributed by atoms with Crippen molar-refractivity contribution in [1.82, 2.24) is 0 Å². The molecule has 0 unspecified atom stereocenters. The van der Waals surface area contributed by atoms with Crippen molar-refractivity contribution in [2.75, 3.05) is 14.2 Å². The van der Waals surface area contributed by atoms with E-state index < -0.39 is 0 Å². The molecule has 0 saturated carbocycles. The number of hydrogen-bond acceptors (Lipinski definition) is 4. The molecular formula is C17H16O4. The van der Waals surface area contributed by atoms with Gasteiger partial charge in [0.1, 0.15) is 23.4 Å². The van der Waals surface area contributed by atoms with Crippen LogP contribution in [0.1, 0.15) is 28.4 Å². The molecule has 108 valence electrons. The minimum Gasteiger partial charge on any atom is -0.497 e. The second-order valence-corrected chi connectivity index (χ2v) is 4.84. The number of fused-ring (bicyclic) bond motifs is 1. The summed E-state index contributed by atoms with van der Waals surface area (Å²) in [5.41, 5.74) is 1.45. The van der Waals surface area contributed by atoms with Crippen molar-refractivity contribution in [2.45, 2.75) is 12.5 Å². The van der Waals surface area contributed by atoms with Crippen LogP contribution in [0.3, 0.4) is 0 Å². The number of carbonyl (C=O) groups is 1. The van der Waals surface area contributed by atoms with Gasteiger partial charge in [0.25, 0.3) is 0 Å². The van der Waals surface area contributed by atoms with E-state index in [1.807, 2.05) is 24.3 Å². The van der Waals surface area contributed by atoms with E-state index in [2.05, 4.69) is 0 Å². The zero-order valence-corrected chi connectivity index (χ0v) is 12.0. The first-order valence-electron chi connectivity index (χ1n) is 6.73. The number of methoxy groups -OCH3 is 2. The molecule has 0 aromatic heterocycles. The molecule has 0 bridgehead atoms. The van der Waals surface area contributed by atoms with Crippen molar-refractivity contribution in [3.05, 3.63) is 53.6 Å². The predicted molar refractivity (Wildman–Crippen MR) is 78.3 cm³/mol. The molecule has 2 aromatic carbocycles. The third kappa shape index (κ3) is 2.44. The van der Waals surface area contributed by atoms with Gasteiger partial charge in [-0.25, -0.2) is 0 Å². The van der Waals surface area contributed by atoms with Crippen LogP contribution in [0.15, 0.2) is 42.5 Å². The Kier molecular flexibility index (Phi) is 3.52. The van der Waals surface area contributed by atoms with E-state index in [1.54, 1.807) is 32.4 Å². The number of ketones is 1. The molecular weight excluding hydrogens is 268 g/mol. The molecule has 1 atom stereocenters. The SMILES string of the molecule is COc1ccc2c(c1)C(=O)C[C@H](c1ccccc1OC)O2. The molecule has 1 aliphatic rings. The van der Waals surface area contributed by atoms with E-state index in [-0.39, 0.29) is 11.9 Å². The Bertz CT molecular complexity index is 678. The molecule has 4 nitrogen and oxygen atoms in total. The van der Waals surface area contributed by atoms with E-state index in [0.29, 0.717) is 23.5 Å². The van der Waals surface area contributed by atoms with E-state index in [1.165, 1.54) is 0 Å². The normalized spacial score (nSPS) is 16.9. The molecule has 0 fully saturated rings. The average Bonchev–Trinajstić information content (AvgIpc) is 2.54. The number of benzene rings is 2. The lowest BCUT2D eigenvalue weighted by Crippen LogP contribution is -2.20. The van der Waals surface area contributed by atoms with Gasteiger partial charge in [0.15, 0.2) is 5.78 Å². The maximum atomic E-state index is 12.4. The summed E-state index contributed by atoms with van der Waals surface area (Å²) in [6, 6.07) is 12.9. The Morgan fingerprint density at radius 3 is 2.67 bits per heavy atom. The first kappa shape index (κ1) is 13.5. The highest BCUT2D eigenvalue weighted by atomic mass is 16.5. The maximum Gasteiger partial charge on any atom is 0.170 e. The number of rotatable bonds is 3. The molecule has 0 N–H and O–H groups in total. The summed E-state index contributed by atoms with van der Waals surface area (Å²) in [5, 5.41) is 0. The van der Waals surface area contributed by atoms with Gasteiger partial charge >= 0.3 is 0 Å². The lowest BCUT2D eigenvalue weighted by molar-refractivity contribution is 0.0846. The summed E-state index contributed by atoms with van der Waals surface area (Å²) in [4.78, 5) is 12.4. The first-order valence-corrected chi connectivity index (χ1v) is 6.73. The average molecular weight is 284 g/mol. The molecule has 0 amide bonds. The molecule has 21 heavy (non-hydrogen) atoms. The van der Waals surface area contributed by atoms with Gasteiger partial charge < -0.3 is 14.2 Å². The fourth-order valence-corrected chi connectivity index (χ4v) is 2.54. The van der Waals surface area contributed by atoms with Crippen molar-refractivity contribution in [3.63, 3.8) is 0 Å². The highest BCUT2D eigenvalue weighted by Gasteiger charge is 2.29. The summed E-state index contributed by atoms with van der Waals surface area (Å²) < 4.78 is 16.5. The van der Waals surface area contributed by atoms with Gasteiger partial charge in [-0.15, -0.1) is 0 Å². The Hall–Kier alpha value is -2.49. The quantitative estimate of drug-likeness (QED) is 0.866. The zero-order chi connectivity index (χ0) is 14.8. The number of para-hydroxylation sites is 1. The topological polar surface area (TPSA) is 44.8 Å². The summed E-state index contributed by atoms with van der Waals surface area (Å²) in [7, 11) is 3.19. The third-order valence-corrected chi connectivity index (χ3v) is 3.61. The van der Waals surface area contributed by atoms with Crippen LogP contribution >= 0.6 is 0 Å². The van der Waals surface area contributed by atoms with Gasteiger partial charge in [-0.05, 0) is 24.3 Å². The first-order chi connectivity index (χ1) is 10.2. The smallest absolute Gasteiger partial charge is 0.170 e. The Morgan fingerprint density at radius 1 is 1.10 bits per heavy atom. The summed E-state index contributed by atoms with van der Waals surface area (Å²) in [6.45, 7) is 0. The van der Waals surface area contributed by atoms with E-state index >= 15 is 0 Å². The number of ether oxygens (including phenoxy) is 3. The Balaban J connectivity index is 1.97. The van der Waals surface area contributed by atoms with E-state index in [4.69, 9.17) is 14.2 Å². The largest absolute Gasteiger partial charge is 0.497 e. The number of carbonyl (C=O) groups excluding carboxylic acids is 1. The van der Waals surface area contributed by atoms with Crippen LogP contribution in [0.5, 0.6) is 17.2 Å². The van der Waals surface area contributed by atoms with Gasteiger partial charge in [0, 0.05) is 5.56 Å². The van der Waals surface area contributed by atoms with Gasteiger partial charge in [-0.3, -0.25) is 4.79 Å². The summed E-state index contributed by atoms with van der Waals surface area (Å²) in [6.07, 6.45) is -0.0323. The van der Waals surface area contributed by atoms with Crippen LogP contribution in [-0.4, -0.2) is 20.0 Å². The highest BCUT2D eigenvalue weighted by Crippen LogP contribution is 2.39. The van der Waals surface area contributed by atoms with Gasteiger partial charge in [0.2, 0.25) is 0 Å². The fraction of sp³-hybridized carbons (Fsp3) is 0.235. The standard InChI is InChI=1S/C17H16O4/c1-19-11-7-8-16-13(9-11)14(18)10-17(21-16)12-5-3-4-6-15(12)20-2/h3-9,17H,10H2,1-2H3/t17-/m1/s1. The van der Waals surface area contributed by atoms with Crippen LogP contribution in [0.2, 0.25) is 0 Å². The van der Waals surface area contributed by atoms with Gasteiger partial charge in [-0.2, -0.15) is 0 Å². The molecule has 0 radical (unpaired) electrons. The van der Waals surface area contributed by atoms with Crippen molar-refractivity contribution in [1.29, 1.82) is 0 Å². The highest BCUT2D eigenvalue weighted by molar-refractivity contribution is 6.00. The van der Waals surface area contributed by atoms with Crippen molar-refractivity contribution in [3.8, 4) is 17.2 Å². The zero-order valence-electron chi connectivity index (χ0n) is 12.0. The maximum absolute atomic E-state index is 12.4. The molecule has 2 aromatic rings. The van der Waals surface area contributed by atoms with Crippen molar-refractivity contribution >= 4 is 5.78 Å². The number of Topliss-reactive ketones (excluding diaryl/α,β-unsaturated/α-hetero) is 1. The minimum absolute atomic E-state index is 0.0473. The van der Waals surface area contributed by atoms with Crippen LogP contribution in [0.4, 0.5) is 0 Å². The molecule has 0 saturated heterocycles. The lowest BCUT2D eigenvalue weighted by Gasteiger charge is -2.26. The second kappa shape index (κ2) is 5.48. The number of hydrogen-bond donors (Lipinski definition) is 0. The third-order valence-electron chi connectivity index (χ3n) is 3.61. The molecule has 1 heterocycles. The minimum atomic E-state index is -0.324. The molecule has 4 heteroatoms. The predicted octanol–water partition coefficient (Wildman–Crippen LogP) is 3.41.